The van der Waals surface area contributed by atoms with Crippen LogP contribution in [0.2, 0.25) is 0 Å². The number of fused-ring (bicyclic) bond motifs is 1. The SMILES string of the molecule is C[N+]1(N)C=Cc2c(N)ccc(N)c21. The van der Waals surface area contributed by atoms with Gasteiger partial charge in [-0.1, -0.05) is 0 Å². The number of benzene rings is 1. The predicted octanol–water partition coefficient (Wildman–Crippen LogP) is 0.646. The van der Waals surface area contributed by atoms with Crippen LogP contribution in [0.4, 0.5) is 17.1 Å². The number of hydrogen-bond acceptors (Lipinski definition) is 3. The van der Waals surface area contributed by atoms with Crippen molar-refractivity contribution < 1.29 is 0 Å². The Morgan fingerprint density at radius 2 is 1.77 bits per heavy atom. The molecule has 4 nitrogen and oxygen atoms in total. The Hall–Kier alpha value is -1.52. The van der Waals surface area contributed by atoms with Crippen molar-refractivity contribution in [3.8, 4) is 0 Å². The second-order valence-corrected chi connectivity index (χ2v) is 3.47. The molecule has 2 rings (SSSR count). The highest BCUT2D eigenvalue weighted by Gasteiger charge is 2.30. The molecule has 1 unspecified atom stereocenters. The molecule has 1 aromatic rings. The molecule has 0 aromatic heterocycles. The van der Waals surface area contributed by atoms with Gasteiger partial charge in [-0.25, -0.2) is 0 Å². The maximum absolute atomic E-state index is 5.97. The van der Waals surface area contributed by atoms with Crippen LogP contribution in [0.15, 0.2) is 18.3 Å². The third kappa shape index (κ3) is 0.998. The van der Waals surface area contributed by atoms with Crippen LogP contribution in [-0.4, -0.2) is 7.05 Å². The normalized spacial score (nSPS) is 24.8. The summed E-state index contributed by atoms with van der Waals surface area (Å²) in [5.41, 5.74) is 14.8. The maximum atomic E-state index is 5.97. The summed E-state index contributed by atoms with van der Waals surface area (Å²) in [7, 11) is 1.86. The van der Waals surface area contributed by atoms with Gasteiger partial charge in [0.1, 0.15) is 6.20 Å². The lowest BCUT2D eigenvalue weighted by atomic mass is 10.1. The fourth-order valence-corrected chi connectivity index (χ4v) is 1.66. The first-order valence-corrected chi connectivity index (χ1v) is 4.05. The molecule has 0 saturated heterocycles. The fourth-order valence-electron chi connectivity index (χ4n) is 1.66. The molecule has 1 atom stereocenters. The first-order valence-electron chi connectivity index (χ1n) is 4.05. The van der Waals surface area contributed by atoms with E-state index in [1.807, 2.05) is 19.3 Å². The van der Waals surface area contributed by atoms with Gasteiger partial charge in [0.2, 0.25) is 0 Å². The summed E-state index contributed by atoms with van der Waals surface area (Å²) in [4.78, 5) is 0. The van der Waals surface area contributed by atoms with Crippen LogP contribution >= 0.6 is 0 Å². The third-order valence-corrected chi connectivity index (χ3v) is 2.31. The zero-order valence-corrected chi connectivity index (χ0v) is 7.49. The molecule has 68 valence electrons. The molecule has 0 radical (unpaired) electrons. The van der Waals surface area contributed by atoms with Crippen molar-refractivity contribution in [1.29, 1.82) is 0 Å². The molecular weight excluding hydrogens is 164 g/mol. The third-order valence-electron chi connectivity index (χ3n) is 2.31. The minimum Gasteiger partial charge on any atom is -0.398 e. The number of rotatable bonds is 0. The zero-order valence-electron chi connectivity index (χ0n) is 7.49. The van der Waals surface area contributed by atoms with Crippen molar-refractivity contribution in [3.05, 3.63) is 23.9 Å². The molecule has 0 spiro atoms. The molecule has 0 saturated carbocycles. The summed E-state index contributed by atoms with van der Waals surface area (Å²) in [6.07, 6.45) is 3.76. The van der Waals surface area contributed by atoms with E-state index in [-0.39, 0.29) is 4.59 Å². The Morgan fingerprint density at radius 3 is 2.38 bits per heavy atom. The van der Waals surface area contributed by atoms with Gasteiger partial charge in [0, 0.05) is 11.8 Å². The maximum Gasteiger partial charge on any atom is 0.189 e. The average Bonchev–Trinajstić information content (AvgIpc) is 2.36. The standard InChI is InChI=1S/C9H13N4/c1-13(12)5-4-6-7(10)2-3-8(11)9(6)13/h2-5H,10-12H2,1H3/q+1. The predicted molar refractivity (Wildman–Crippen MR) is 56.2 cm³/mol. The van der Waals surface area contributed by atoms with E-state index in [2.05, 4.69) is 0 Å². The van der Waals surface area contributed by atoms with Gasteiger partial charge >= 0.3 is 0 Å². The van der Waals surface area contributed by atoms with E-state index >= 15 is 0 Å². The summed E-state index contributed by atoms with van der Waals surface area (Å²) in [5.74, 6) is 5.97. The lowest BCUT2D eigenvalue weighted by Crippen LogP contribution is -2.45. The quantitative estimate of drug-likeness (QED) is 0.309. The van der Waals surface area contributed by atoms with E-state index in [4.69, 9.17) is 17.3 Å². The molecule has 0 fully saturated rings. The number of anilines is 2. The van der Waals surface area contributed by atoms with Gasteiger partial charge in [-0.2, -0.15) is 10.4 Å². The van der Waals surface area contributed by atoms with Crippen molar-refractivity contribution in [2.24, 2.45) is 5.84 Å². The van der Waals surface area contributed by atoms with E-state index < -0.39 is 0 Å². The smallest absolute Gasteiger partial charge is 0.189 e. The number of nitrogens with two attached hydrogens (primary N) is 3. The number of nitrogen functional groups attached to an aromatic ring is 2. The largest absolute Gasteiger partial charge is 0.398 e. The summed E-state index contributed by atoms with van der Waals surface area (Å²) in [6.45, 7) is 0. The number of quaternary nitrogens is 1. The van der Waals surface area contributed by atoms with Gasteiger partial charge in [0.05, 0.1) is 18.3 Å². The molecule has 4 heteroatoms. The zero-order chi connectivity index (χ0) is 9.64. The molecular formula is C9H13N4+. The van der Waals surface area contributed by atoms with Gasteiger partial charge in [-0.3, -0.25) is 0 Å². The van der Waals surface area contributed by atoms with Crippen LogP contribution in [0.3, 0.4) is 0 Å². The molecule has 0 bridgehead atoms. The molecule has 13 heavy (non-hydrogen) atoms. The Balaban J connectivity index is 2.76. The van der Waals surface area contributed by atoms with E-state index in [9.17, 15) is 0 Å². The Labute approximate surface area is 76.8 Å². The summed E-state index contributed by atoms with van der Waals surface area (Å²) in [5, 5.41) is 0. The second-order valence-electron chi connectivity index (χ2n) is 3.47. The molecule has 1 heterocycles. The van der Waals surface area contributed by atoms with E-state index in [0.29, 0.717) is 11.4 Å². The topological polar surface area (TPSA) is 78.1 Å². The second kappa shape index (κ2) is 2.25. The lowest BCUT2D eigenvalue weighted by Gasteiger charge is -2.21. The Kier molecular flexibility index (Phi) is 1.40. The summed E-state index contributed by atoms with van der Waals surface area (Å²) < 4.78 is 0.173. The van der Waals surface area contributed by atoms with E-state index in [1.54, 1.807) is 12.1 Å². The van der Waals surface area contributed by atoms with Gasteiger partial charge in [-0.05, 0) is 12.1 Å². The highest BCUT2D eigenvalue weighted by molar-refractivity contribution is 5.88. The van der Waals surface area contributed by atoms with Crippen molar-refractivity contribution >= 4 is 23.1 Å². The number of nitrogens with zero attached hydrogens (tertiary/aromatic N) is 1. The first kappa shape index (κ1) is 8.10. The minimum absolute atomic E-state index is 0.173. The highest BCUT2D eigenvalue weighted by atomic mass is 15.6. The van der Waals surface area contributed by atoms with Gasteiger partial charge < -0.3 is 11.5 Å². The van der Waals surface area contributed by atoms with Gasteiger partial charge in [0.15, 0.2) is 5.69 Å². The Bertz CT molecular complexity index is 393. The molecule has 0 aliphatic carbocycles. The van der Waals surface area contributed by atoms with E-state index in [0.717, 1.165) is 11.3 Å². The molecule has 1 aliphatic heterocycles. The Morgan fingerprint density at radius 1 is 1.15 bits per heavy atom. The highest BCUT2D eigenvalue weighted by Crippen LogP contribution is 2.39. The lowest BCUT2D eigenvalue weighted by molar-refractivity contribution is 0.479. The van der Waals surface area contributed by atoms with Crippen molar-refractivity contribution in [2.75, 3.05) is 18.5 Å². The van der Waals surface area contributed by atoms with Crippen LogP contribution in [0.5, 0.6) is 0 Å². The summed E-state index contributed by atoms with van der Waals surface area (Å²) in [6, 6.07) is 3.58. The molecule has 1 aliphatic rings. The van der Waals surface area contributed by atoms with Crippen LogP contribution in [0, 0.1) is 0 Å². The number of hydrogen-bond donors (Lipinski definition) is 3. The van der Waals surface area contributed by atoms with Crippen LogP contribution in [0.1, 0.15) is 5.56 Å². The average molecular weight is 177 g/mol. The summed E-state index contributed by atoms with van der Waals surface area (Å²) >= 11 is 0. The molecule has 0 amide bonds. The van der Waals surface area contributed by atoms with Gasteiger partial charge in [-0.15, -0.1) is 0 Å². The molecule has 6 N–H and O–H groups in total. The van der Waals surface area contributed by atoms with Crippen molar-refractivity contribution in [3.63, 3.8) is 0 Å². The van der Waals surface area contributed by atoms with Crippen molar-refractivity contribution in [1.82, 2.24) is 4.59 Å². The minimum atomic E-state index is 0.173. The van der Waals surface area contributed by atoms with Crippen LogP contribution in [0.25, 0.3) is 6.08 Å². The fraction of sp³-hybridized carbons (Fsp3) is 0.111. The monoisotopic (exact) mass is 177 g/mol. The van der Waals surface area contributed by atoms with E-state index in [1.165, 1.54) is 0 Å². The van der Waals surface area contributed by atoms with Crippen LogP contribution in [-0.2, 0) is 0 Å². The first-order chi connectivity index (χ1) is 6.02. The molecule has 1 aromatic carbocycles. The van der Waals surface area contributed by atoms with Gasteiger partial charge in [0.25, 0.3) is 0 Å². The van der Waals surface area contributed by atoms with Crippen molar-refractivity contribution in [2.45, 2.75) is 0 Å². The van der Waals surface area contributed by atoms with Crippen LogP contribution < -0.4 is 21.9 Å².